The van der Waals surface area contributed by atoms with E-state index in [9.17, 15) is 9.59 Å². The molecule has 0 saturated heterocycles. The lowest BCUT2D eigenvalue weighted by Crippen LogP contribution is -2.46. The summed E-state index contributed by atoms with van der Waals surface area (Å²) in [6.45, 7) is 4.37. The van der Waals surface area contributed by atoms with E-state index in [4.69, 9.17) is 13.9 Å². The van der Waals surface area contributed by atoms with Crippen molar-refractivity contribution in [1.82, 2.24) is 5.32 Å². The third kappa shape index (κ3) is 4.76. The highest BCUT2D eigenvalue weighted by molar-refractivity contribution is 6.08. The summed E-state index contributed by atoms with van der Waals surface area (Å²) < 4.78 is 16.5. The number of rotatable bonds is 7. The number of ether oxygens (including phenoxy) is 2. The average molecular weight is 475 g/mol. The summed E-state index contributed by atoms with van der Waals surface area (Å²) in [7, 11) is 0. The number of furan rings is 1. The van der Waals surface area contributed by atoms with E-state index in [1.807, 2.05) is 24.3 Å². The molecule has 5 rings (SSSR count). The maximum Gasteiger partial charge on any atom is 0.294 e. The van der Waals surface area contributed by atoms with Crippen molar-refractivity contribution >= 4 is 17.5 Å². The third-order valence-corrected chi connectivity index (χ3v) is 6.71. The minimum absolute atomic E-state index is 0.109. The maximum atomic E-state index is 13.8. The van der Waals surface area contributed by atoms with Crippen LogP contribution in [0, 0.1) is 0 Å². The van der Waals surface area contributed by atoms with Crippen molar-refractivity contribution < 1.29 is 23.5 Å². The van der Waals surface area contributed by atoms with E-state index in [1.54, 1.807) is 30.3 Å². The fourth-order valence-corrected chi connectivity index (χ4v) is 4.77. The van der Waals surface area contributed by atoms with Crippen LogP contribution in [0.5, 0.6) is 11.5 Å². The molecule has 35 heavy (non-hydrogen) atoms. The van der Waals surface area contributed by atoms with Crippen molar-refractivity contribution in [3.63, 3.8) is 0 Å². The first-order valence-electron chi connectivity index (χ1n) is 12.2. The van der Waals surface area contributed by atoms with Crippen molar-refractivity contribution in [3.05, 3.63) is 77.7 Å². The lowest BCUT2D eigenvalue weighted by Gasteiger charge is -2.32. The summed E-state index contributed by atoms with van der Waals surface area (Å²) in [5.74, 6) is 1.02. The summed E-state index contributed by atoms with van der Waals surface area (Å²) in [5, 5.41) is 3.20. The van der Waals surface area contributed by atoms with Crippen molar-refractivity contribution in [1.29, 1.82) is 0 Å². The maximum absolute atomic E-state index is 13.8. The molecule has 0 spiro atoms. The van der Waals surface area contributed by atoms with E-state index >= 15 is 0 Å². The molecule has 7 heteroatoms. The molecule has 1 N–H and O–H groups in total. The second-order valence-electron chi connectivity index (χ2n) is 9.40. The predicted molar refractivity (Wildman–Crippen MR) is 132 cm³/mol. The smallest absolute Gasteiger partial charge is 0.294 e. The van der Waals surface area contributed by atoms with Crippen LogP contribution in [0.3, 0.4) is 0 Å². The molecule has 1 aliphatic carbocycles. The van der Waals surface area contributed by atoms with Gasteiger partial charge in [-0.25, -0.2) is 0 Å². The first kappa shape index (κ1) is 23.0. The van der Waals surface area contributed by atoms with Gasteiger partial charge in [-0.05, 0) is 54.2 Å². The Morgan fingerprint density at radius 1 is 0.943 bits per heavy atom. The molecule has 7 nitrogen and oxygen atoms in total. The molecule has 1 atom stereocenters. The molecule has 0 radical (unpaired) electrons. The van der Waals surface area contributed by atoms with Crippen LogP contribution in [0.25, 0.3) is 0 Å². The van der Waals surface area contributed by atoms with Crippen LogP contribution in [0.1, 0.15) is 73.2 Å². The van der Waals surface area contributed by atoms with Gasteiger partial charge in [0.2, 0.25) is 12.7 Å². The van der Waals surface area contributed by atoms with Gasteiger partial charge in [0.15, 0.2) is 17.3 Å². The Hall–Kier alpha value is -3.74. The zero-order chi connectivity index (χ0) is 24.4. The van der Waals surface area contributed by atoms with E-state index in [1.165, 1.54) is 11.2 Å². The standard InChI is InChI=1S/C28H30N2O5/c1-18(2)19-9-11-20(12-10-19)26(27(31)29-21-6-3-4-7-21)30(28(32)24-8-5-15-33-24)22-13-14-23-25(16-22)35-17-34-23/h5,8-16,18,21,26H,3-4,6-7,17H2,1-2H3,(H,29,31)/t26-/m0/s1. The number of anilines is 1. The molecule has 1 saturated carbocycles. The van der Waals surface area contributed by atoms with E-state index in [0.717, 1.165) is 36.8 Å². The fraction of sp³-hybridized carbons (Fsp3) is 0.357. The molecule has 2 amide bonds. The minimum atomic E-state index is -0.894. The number of carbonyl (C=O) groups excluding carboxylic acids is 2. The Labute approximate surface area is 205 Å². The van der Waals surface area contributed by atoms with Crippen LogP contribution in [0.15, 0.2) is 65.3 Å². The number of nitrogens with one attached hydrogen (secondary N) is 1. The fourth-order valence-electron chi connectivity index (χ4n) is 4.77. The van der Waals surface area contributed by atoms with Gasteiger partial charge in [0, 0.05) is 17.8 Å². The normalized spacial score (nSPS) is 15.9. The average Bonchev–Trinajstić information content (AvgIpc) is 3.64. The van der Waals surface area contributed by atoms with Crippen molar-refractivity contribution in [3.8, 4) is 11.5 Å². The number of amides is 2. The van der Waals surface area contributed by atoms with E-state index in [2.05, 4.69) is 19.2 Å². The largest absolute Gasteiger partial charge is 0.459 e. The van der Waals surface area contributed by atoms with Gasteiger partial charge >= 0.3 is 0 Å². The highest BCUT2D eigenvalue weighted by Gasteiger charge is 2.36. The number of carbonyl (C=O) groups is 2. The van der Waals surface area contributed by atoms with Crippen LogP contribution in [-0.2, 0) is 4.79 Å². The van der Waals surface area contributed by atoms with Gasteiger partial charge < -0.3 is 19.2 Å². The Morgan fingerprint density at radius 2 is 1.66 bits per heavy atom. The third-order valence-electron chi connectivity index (χ3n) is 6.71. The van der Waals surface area contributed by atoms with E-state index in [0.29, 0.717) is 23.1 Å². The Morgan fingerprint density at radius 3 is 2.34 bits per heavy atom. The van der Waals surface area contributed by atoms with Gasteiger partial charge in [-0.15, -0.1) is 0 Å². The summed E-state index contributed by atoms with van der Waals surface area (Å²) in [5.41, 5.74) is 2.41. The van der Waals surface area contributed by atoms with Crippen LogP contribution >= 0.6 is 0 Å². The molecule has 3 aromatic rings. The van der Waals surface area contributed by atoms with E-state index < -0.39 is 11.9 Å². The van der Waals surface area contributed by atoms with Crippen LogP contribution in [-0.4, -0.2) is 24.6 Å². The first-order valence-corrected chi connectivity index (χ1v) is 12.2. The van der Waals surface area contributed by atoms with Gasteiger partial charge in [0.05, 0.1) is 6.26 Å². The topological polar surface area (TPSA) is 81.0 Å². The predicted octanol–water partition coefficient (Wildman–Crippen LogP) is 5.58. The number of hydrogen-bond acceptors (Lipinski definition) is 5. The molecule has 0 bridgehead atoms. The summed E-state index contributed by atoms with van der Waals surface area (Å²) in [4.78, 5) is 29.2. The second-order valence-corrected chi connectivity index (χ2v) is 9.40. The molecule has 1 aliphatic heterocycles. The number of fused-ring (bicyclic) bond motifs is 1. The van der Waals surface area contributed by atoms with Gasteiger partial charge in [0.25, 0.3) is 5.91 Å². The van der Waals surface area contributed by atoms with Crippen LogP contribution < -0.4 is 19.7 Å². The summed E-state index contributed by atoms with van der Waals surface area (Å²) >= 11 is 0. The summed E-state index contributed by atoms with van der Waals surface area (Å²) in [6, 6.07) is 15.7. The molecule has 1 aromatic heterocycles. The molecular formula is C28H30N2O5. The lowest BCUT2D eigenvalue weighted by molar-refractivity contribution is -0.123. The zero-order valence-electron chi connectivity index (χ0n) is 20.0. The lowest BCUT2D eigenvalue weighted by atomic mass is 9.97. The molecule has 182 valence electrons. The van der Waals surface area contributed by atoms with Gasteiger partial charge in [-0.1, -0.05) is 51.0 Å². The monoisotopic (exact) mass is 474 g/mol. The quantitative estimate of drug-likeness (QED) is 0.484. The molecule has 1 fully saturated rings. The number of hydrogen-bond donors (Lipinski definition) is 1. The Bertz CT molecular complexity index is 1180. The molecule has 2 aromatic carbocycles. The second kappa shape index (κ2) is 9.86. The molecule has 0 unspecified atom stereocenters. The molecular weight excluding hydrogens is 444 g/mol. The van der Waals surface area contributed by atoms with Crippen molar-refractivity contribution in [2.24, 2.45) is 0 Å². The van der Waals surface area contributed by atoms with E-state index in [-0.39, 0.29) is 24.5 Å². The molecule has 2 heterocycles. The Kier molecular flexibility index (Phi) is 6.49. The first-order chi connectivity index (χ1) is 17.0. The number of nitrogens with zero attached hydrogens (tertiary/aromatic N) is 1. The van der Waals surface area contributed by atoms with Crippen LogP contribution in [0.4, 0.5) is 5.69 Å². The summed E-state index contributed by atoms with van der Waals surface area (Å²) in [6.07, 6.45) is 5.53. The van der Waals surface area contributed by atoms with Crippen molar-refractivity contribution in [2.45, 2.75) is 57.5 Å². The number of benzene rings is 2. The zero-order valence-corrected chi connectivity index (χ0v) is 20.0. The Balaban J connectivity index is 1.60. The minimum Gasteiger partial charge on any atom is -0.459 e. The van der Waals surface area contributed by atoms with Gasteiger partial charge in [0.1, 0.15) is 6.04 Å². The van der Waals surface area contributed by atoms with Crippen LogP contribution in [0.2, 0.25) is 0 Å². The highest BCUT2D eigenvalue weighted by Crippen LogP contribution is 2.39. The van der Waals surface area contributed by atoms with Crippen molar-refractivity contribution in [2.75, 3.05) is 11.7 Å². The van der Waals surface area contributed by atoms with Gasteiger partial charge in [-0.2, -0.15) is 0 Å². The van der Waals surface area contributed by atoms with Gasteiger partial charge in [-0.3, -0.25) is 14.5 Å². The highest BCUT2D eigenvalue weighted by atomic mass is 16.7. The molecule has 2 aliphatic rings. The SMILES string of the molecule is CC(C)c1ccc([C@@H](C(=O)NC2CCCC2)N(C(=O)c2ccco2)c2ccc3c(c2)OCO3)cc1.